The van der Waals surface area contributed by atoms with Crippen LogP contribution in [0.15, 0.2) is 18.2 Å². The third-order valence-corrected chi connectivity index (χ3v) is 3.85. The van der Waals surface area contributed by atoms with Crippen LogP contribution < -0.4 is 11.1 Å². The van der Waals surface area contributed by atoms with Crippen LogP contribution in [0, 0.1) is 0 Å². The van der Waals surface area contributed by atoms with Crippen LogP contribution in [-0.2, 0) is 0 Å². The monoisotopic (exact) mass is 355 g/mol. The van der Waals surface area contributed by atoms with Gasteiger partial charge in [-0.2, -0.15) is 0 Å². The molecule has 0 bridgehead atoms. The third kappa shape index (κ3) is 3.30. The van der Waals surface area contributed by atoms with E-state index in [0.29, 0.717) is 31.6 Å². The number of hydrogen-bond acceptors (Lipinski definition) is 3. The van der Waals surface area contributed by atoms with Crippen molar-refractivity contribution in [2.45, 2.75) is 0 Å². The van der Waals surface area contributed by atoms with Gasteiger partial charge in [-0.1, -0.05) is 58.0 Å². The van der Waals surface area contributed by atoms with Crippen molar-refractivity contribution < 1.29 is 0 Å². The van der Waals surface area contributed by atoms with E-state index >= 15 is 0 Å². The molecule has 19 heavy (non-hydrogen) atoms. The summed E-state index contributed by atoms with van der Waals surface area (Å²) in [5, 5.41) is 4.58. The number of anilines is 3. The number of rotatable bonds is 2. The maximum absolute atomic E-state index is 6.04. The topological polar surface area (TPSA) is 50.9 Å². The molecule has 0 amide bonds. The highest BCUT2D eigenvalue weighted by molar-refractivity contribution is 6.44. The molecule has 0 saturated carbocycles. The van der Waals surface area contributed by atoms with Crippen molar-refractivity contribution in [1.82, 2.24) is 4.98 Å². The molecule has 0 unspecified atom stereocenters. The highest BCUT2D eigenvalue weighted by Crippen LogP contribution is 2.36. The Morgan fingerprint density at radius 1 is 0.789 bits per heavy atom. The zero-order chi connectivity index (χ0) is 14.2. The van der Waals surface area contributed by atoms with Crippen molar-refractivity contribution in [3.05, 3.63) is 43.3 Å². The fraction of sp³-hybridized carbons (Fsp3) is 0. The van der Waals surface area contributed by atoms with Crippen molar-refractivity contribution in [2.24, 2.45) is 0 Å². The number of aromatic nitrogens is 1. The summed E-state index contributed by atoms with van der Waals surface area (Å²) in [6.07, 6.45) is 0. The molecule has 0 radical (unpaired) electrons. The van der Waals surface area contributed by atoms with Gasteiger partial charge in [-0.05, 0) is 18.2 Å². The Hall–Kier alpha value is -0.580. The van der Waals surface area contributed by atoms with Crippen LogP contribution in [0.4, 0.5) is 17.3 Å². The first-order valence-corrected chi connectivity index (χ1v) is 6.80. The molecule has 2 aromatic rings. The Morgan fingerprint density at radius 3 is 2.05 bits per heavy atom. The zero-order valence-corrected chi connectivity index (χ0v) is 12.9. The number of nitrogens with one attached hydrogen (secondary N) is 1. The van der Waals surface area contributed by atoms with Crippen molar-refractivity contribution in [3.8, 4) is 0 Å². The normalized spacial score (nSPS) is 10.6. The van der Waals surface area contributed by atoms with Crippen LogP contribution >= 0.6 is 58.0 Å². The van der Waals surface area contributed by atoms with E-state index in [9.17, 15) is 0 Å². The van der Waals surface area contributed by atoms with Gasteiger partial charge in [0.05, 0.1) is 30.8 Å². The molecule has 3 N–H and O–H groups in total. The smallest absolute Gasteiger partial charge is 0.151 e. The molecule has 0 aliphatic carbocycles. The number of benzene rings is 1. The van der Waals surface area contributed by atoms with Gasteiger partial charge in [0, 0.05) is 0 Å². The summed E-state index contributed by atoms with van der Waals surface area (Å²) < 4.78 is 0. The minimum Gasteiger partial charge on any atom is -0.382 e. The maximum Gasteiger partial charge on any atom is 0.151 e. The Labute approximate surface area is 134 Å². The molecule has 0 fully saturated rings. The predicted octanol–water partition coefficient (Wildman–Crippen LogP) is 5.67. The Morgan fingerprint density at radius 2 is 1.37 bits per heavy atom. The molecule has 0 aliphatic rings. The lowest BCUT2D eigenvalue weighted by atomic mass is 10.3. The first-order valence-electron chi connectivity index (χ1n) is 4.91. The van der Waals surface area contributed by atoms with Gasteiger partial charge in [-0.25, -0.2) is 4.98 Å². The number of hydrogen-bond donors (Lipinski definition) is 2. The number of pyridine rings is 1. The van der Waals surface area contributed by atoms with E-state index in [-0.39, 0.29) is 10.8 Å². The van der Waals surface area contributed by atoms with E-state index in [2.05, 4.69) is 10.3 Å². The molecule has 100 valence electrons. The number of nitrogen functional groups attached to an aromatic ring is 1. The van der Waals surface area contributed by atoms with Crippen LogP contribution in [0.3, 0.4) is 0 Å². The van der Waals surface area contributed by atoms with E-state index in [1.165, 1.54) is 12.1 Å². The van der Waals surface area contributed by atoms with Gasteiger partial charge in [0.15, 0.2) is 5.82 Å². The molecule has 0 saturated heterocycles. The predicted molar refractivity (Wildman–Crippen MR) is 83.4 cm³/mol. The van der Waals surface area contributed by atoms with Gasteiger partial charge in [-0.3, -0.25) is 0 Å². The van der Waals surface area contributed by atoms with Crippen LogP contribution in [0.2, 0.25) is 25.1 Å². The number of halogens is 5. The van der Waals surface area contributed by atoms with Crippen molar-refractivity contribution in [1.29, 1.82) is 0 Å². The molecule has 3 nitrogen and oxygen atoms in total. The van der Waals surface area contributed by atoms with E-state index in [4.69, 9.17) is 63.7 Å². The lowest BCUT2D eigenvalue weighted by molar-refractivity contribution is 1.31. The Kier molecular flexibility index (Phi) is 4.54. The van der Waals surface area contributed by atoms with Gasteiger partial charge in [-0.15, -0.1) is 0 Å². The quantitative estimate of drug-likeness (QED) is 0.680. The summed E-state index contributed by atoms with van der Waals surface area (Å²) in [6.45, 7) is 0. The number of nitrogens with two attached hydrogens (primary N) is 1. The first-order chi connectivity index (χ1) is 8.88. The van der Waals surface area contributed by atoms with Crippen LogP contribution in [0.25, 0.3) is 0 Å². The minimum absolute atomic E-state index is 0.157. The van der Waals surface area contributed by atoms with Gasteiger partial charge in [0.25, 0.3) is 0 Å². The lowest BCUT2D eigenvalue weighted by Crippen LogP contribution is -1.99. The fourth-order valence-corrected chi connectivity index (χ4v) is 2.31. The highest BCUT2D eigenvalue weighted by Gasteiger charge is 2.11. The van der Waals surface area contributed by atoms with Crippen LogP contribution in [-0.4, -0.2) is 4.98 Å². The van der Waals surface area contributed by atoms with E-state index in [1.54, 1.807) is 6.07 Å². The number of nitrogens with zero attached hydrogens (tertiary/aromatic N) is 1. The average Bonchev–Trinajstić information content (AvgIpc) is 2.32. The first kappa shape index (κ1) is 14.8. The van der Waals surface area contributed by atoms with Crippen LogP contribution in [0.5, 0.6) is 0 Å². The highest BCUT2D eigenvalue weighted by atomic mass is 35.5. The molecule has 1 heterocycles. The molecular weight excluding hydrogens is 351 g/mol. The summed E-state index contributed by atoms with van der Waals surface area (Å²) in [5.41, 5.74) is 6.12. The third-order valence-electron chi connectivity index (χ3n) is 2.22. The second kappa shape index (κ2) is 5.81. The lowest BCUT2D eigenvalue weighted by Gasteiger charge is -2.11. The average molecular weight is 357 g/mol. The second-order valence-corrected chi connectivity index (χ2v) is 5.59. The fourth-order valence-electron chi connectivity index (χ4n) is 1.31. The van der Waals surface area contributed by atoms with E-state index in [1.807, 2.05) is 0 Å². The maximum atomic E-state index is 6.04. The van der Waals surface area contributed by atoms with Crippen molar-refractivity contribution >= 4 is 75.3 Å². The van der Waals surface area contributed by atoms with E-state index < -0.39 is 0 Å². The summed E-state index contributed by atoms with van der Waals surface area (Å²) in [7, 11) is 0. The molecular formula is C11H6Cl5N3. The molecule has 8 heteroatoms. The Balaban J connectivity index is 2.42. The van der Waals surface area contributed by atoms with E-state index in [0.717, 1.165) is 0 Å². The standard InChI is InChI=1S/C11H6Cl5N3/c12-4-1-6(14)9(3-5(4)13)18-11-8(16)2-7(15)10(17)19-11/h1-3H,(H3,17,18,19). The van der Waals surface area contributed by atoms with Crippen molar-refractivity contribution in [2.75, 3.05) is 11.1 Å². The van der Waals surface area contributed by atoms with Gasteiger partial charge < -0.3 is 11.1 Å². The van der Waals surface area contributed by atoms with Gasteiger partial charge >= 0.3 is 0 Å². The summed E-state index contributed by atoms with van der Waals surface area (Å²) in [4.78, 5) is 4.03. The summed E-state index contributed by atoms with van der Waals surface area (Å²) in [5.74, 6) is 0.480. The van der Waals surface area contributed by atoms with Gasteiger partial charge in [0.2, 0.25) is 0 Å². The molecule has 0 atom stereocenters. The largest absolute Gasteiger partial charge is 0.382 e. The molecule has 2 rings (SSSR count). The zero-order valence-electron chi connectivity index (χ0n) is 9.15. The molecule has 0 spiro atoms. The molecule has 0 aliphatic heterocycles. The minimum atomic E-state index is 0.157. The summed E-state index contributed by atoms with van der Waals surface area (Å²) in [6, 6.07) is 4.56. The SMILES string of the molecule is Nc1nc(Nc2cc(Cl)c(Cl)cc2Cl)c(Cl)cc1Cl. The molecule has 1 aromatic heterocycles. The Bertz CT molecular complexity index is 589. The van der Waals surface area contributed by atoms with Crippen molar-refractivity contribution in [3.63, 3.8) is 0 Å². The molecule has 1 aromatic carbocycles. The summed E-state index contributed by atoms with van der Waals surface area (Å²) >= 11 is 29.6. The van der Waals surface area contributed by atoms with Gasteiger partial charge in [0.1, 0.15) is 5.82 Å². The van der Waals surface area contributed by atoms with Crippen LogP contribution in [0.1, 0.15) is 0 Å². The second-order valence-electron chi connectivity index (χ2n) is 3.56.